The van der Waals surface area contributed by atoms with E-state index in [9.17, 15) is 10.2 Å². The van der Waals surface area contributed by atoms with Gasteiger partial charge in [0.05, 0.1) is 64.0 Å². The summed E-state index contributed by atoms with van der Waals surface area (Å²) >= 11 is 0. The third kappa shape index (κ3) is 4.11. The van der Waals surface area contributed by atoms with Crippen molar-refractivity contribution in [1.82, 2.24) is 0 Å². The van der Waals surface area contributed by atoms with Crippen LogP contribution in [-0.2, 0) is 22.3 Å². The largest absolute Gasteiger partial charge is 0.507 e. The standard InChI is InChI=1S/C34H38O8/c1-15-9-21-19(17(3)41-15)11-25-23(31(21)35)13-27(37-5)29(33(25)39-7)30-28(38-6)14-24-26(34(30)40-8)12-20-18(4)42-16(2)10-22(20)32(24)36/h11-18,35-36H,9-10H2,1-8H3/t15-,16-,17+,18+/m0/s1. The molecule has 0 saturated carbocycles. The zero-order chi connectivity index (χ0) is 30.0. The second-order valence-electron chi connectivity index (χ2n) is 11.3. The molecule has 0 amide bonds. The molecule has 2 aliphatic heterocycles. The predicted molar refractivity (Wildman–Crippen MR) is 162 cm³/mol. The van der Waals surface area contributed by atoms with Crippen LogP contribution in [0.3, 0.4) is 0 Å². The van der Waals surface area contributed by atoms with Crippen molar-refractivity contribution in [3.05, 3.63) is 46.5 Å². The molecule has 2 aliphatic rings. The quantitative estimate of drug-likeness (QED) is 0.259. The third-order valence-corrected chi connectivity index (χ3v) is 8.78. The molecule has 4 atom stereocenters. The summed E-state index contributed by atoms with van der Waals surface area (Å²) < 4.78 is 36.3. The topological polar surface area (TPSA) is 95.8 Å². The fourth-order valence-electron chi connectivity index (χ4n) is 6.95. The molecular weight excluding hydrogens is 536 g/mol. The number of methoxy groups -OCH3 is 4. The van der Waals surface area contributed by atoms with E-state index in [1.807, 2.05) is 52.0 Å². The lowest BCUT2D eigenvalue weighted by Crippen LogP contribution is -2.22. The number of phenols is 2. The Bertz CT molecular complexity index is 1600. The molecule has 4 aromatic rings. The molecule has 4 aromatic carbocycles. The third-order valence-electron chi connectivity index (χ3n) is 8.78. The van der Waals surface area contributed by atoms with Gasteiger partial charge in [-0.2, -0.15) is 0 Å². The molecule has 6 rings (SSSR count). The first kappa shape index (κ1) is 28.2. The van der Waals surface area contributed by atoms with Crippen LogP contribution in [-0.4, -0.2) is 50.9 Å². The second-order valence-corrected chi connectivity index (χ2v) is 11.3. The Balaban J connectivity index is 1.72. The highest BCUT2D eigenvalue weighted by Crippen LogP contribution is 2.56. The average molecular weight is 575 g/mol. The van der Waals surface area contributed by atoms with Gasteiger partial charge in [0.15, 0.2) is 0 Å². The highest BCUT2D eigenvalue weighted by atomic mass is 16.5. The van der Waals surface area contributed by atoms with Gasteiger partial charge >= 0.3 is 0 Å². The summed E-state index contributed by atoms with van der Waals surface area (Å²) in [6.07, 6.45) is 0.802. The predicted octanol–water partition coefficient (Wildman–Crippen LogP) is 7.15. The van der Waals surface area contributed by atoms with Crippen LogP contribution in [0, 0.1) is 0 Å². The summed E-state index contributed by atoms with van der Waals surface area (Å²) in [6, 6.07) is 7.73. The van der Waals surface area contributed by atoms with Gasteiger partial charge in [0.2, 0.25) is 0 Å². The Hall–Kier alpha value is -3.88. The van der Waals surface area contributed by atoms with E-state index in [1.165, 1.54) is 0 Å². The van der Waals surface area contributed by atoms with E-state index in [-0.39, 0.29) is 35.9 Å². The van der Waals surface area contributed by atoms with Crippen LogP contribution in [0.5, 0.6) is 34.5 Å². The lowest BCUT2D eigenvalue weighted by Gasteiger charge is -2.31. The van der Waals surface area contributed by atoms with Crippen molar-refractivity contribution in [2.75, 3.05) is 28.4 Å². The van der Waals surface area contributed by atoms with Crippen molar-refractivity contribution >= 4 is 21.5 Å². The first-order chi connectivity index (χ1) is 20.1. The molecule has 2 heterocycles. The van der Waals surface area contributed by atoms with Gasteiger partial charge in [0, 0.05) is 45.5 Å². The van der Waals surface area contributed by atoms with Crippen molar-refractivity contribution in [2.24, 2.45) is 0 Å². The average Bonchev–Trinajstić information content (AvgIpc) is 2.96. The first-order valence-corrected chi connectivity index (χ1v) is 14.3. The maximum Gasteiger partial charge on any atom is 0.138 e. The molecule has 2 N–H and O–H groups in total. The van der Waals surface area contributed by atoms with E-state index >= 15 is 0 Å². The molecule has 8 nitrogen and oxygen atoms in total. The van der Waals surface area contributed by atoms with Crippen molar-refractivity contribution in [3.63, 3.8) is 0 Å². The molecule has 0 saturated heterocycles. The van der Waals surface area contributed by atoms with Gasteiger partial charge in [-0.25, -0.2) is 0 Å². The Morgan fingerprint density at radius 2 is 0.952 bits per heavy atom. The molecule has 0 radical (unpaired) electrons. The number of hydrogen-bond acceptors (Lipinski definition) is 8. The number of benzene rings is 4. The molecule has 42 heavy (non-hydrogen) atoms. The molecule has 0 aromatic heterocycles. The molecule has 0 aliphatic carbocycles. The maximum absolute atomic E-state index is 11.5. The number of phenolic OH excluding ortho intramolecular Hbond substituents is 2. The fraction of sp³-hybridized carbons (Fsp3) is 0.412. The number of hydrogen-bond donors (Lipinski definition) is 2. The number of fused-ring (bicyclic) bond motifs is 4. The highest BCUT2D eigenvalue weighted by Gasteiger charge is 2.33. The van der Waals surface area contributed by atoms with Gasteiger partial charge in [0.25, 0.3) is 0 Å². The van der Waals surface area contributed by atoms with Crippen LogP contribution in [0.4, 0.5) is 0 Å². The molecule has 8 heteroatoms. The SMILES string of the molecule is COc1cc2c(O)c3c(cc2c(OC)c1-c1c(OC)cc2c(O)c4c(cc2c1OC)[C@@H](C)O[C@@H](C)C4)[C@@H](C)O[C@@H](C)C3. The summed E-state index contributed by atoms with van der Waals surface area (Å²) in [4.78, 5) is 0. The lowest BCUT2D eigenvalue weighted by atomic mass is 9.86. The van der Waals surface area contributed by atoms with Crippen LogP contribution in [0.15, 0.2) is 24.3 Å². The smallest absolute Gasteiger partial charge is 0.138 e. The van der Waals surface area contributed by atoms with E-state index < -0.39 is 0 Å². The molecule has 0 fully saturated rings. The van der Waals surface area contributed by atoms with Gasteiger partial charge in [-0.15, -0.1) is 0 Å². The highest BCUT2D eigenvalue weighted by molar-refractivity contribution is 6.08. The minimum absolute atomic E-state index is 0.0106. The Labute approximate surface area is 245 Å². The van der Waals surface area contributed by atoms with E-state index in [0.717, 1.165) is 22.3 Å². The van der Waals surface area contributed by atoms with E-state index in [0.29, 0.717) is 68.5 Å². The summed E-state index contributed by atoms with van der Waals surface area (Å²) in [7, 11) is 6.36. The van der Waals surface area contributed by atoms with Gasteiger partial charge < -0.3 is 38.6 Å². The first-order valence-electron chi connectivity index (χ1n) is 14.3. The van der Waals surface area contributed by atoms with E-state index in [1.54, 1.807) is 28.4 Å². The summed E-state index contributed by atoms with van der Waals surface area (Å²) in [6.45, 7) is 8.00. The van der Waals surface area contributed by atoms with Crippen LogP contribution in [0.1, 0.15) is 62.2 Å². The second kappa shape index (κ2) is 10.4. The molecule has 0 unspecified atom stereocenters. The van der Waals surface area contributed by atoms with Crippen molar-refractivity contribution in [1.29, 1.82) is 0 Å². The number of aromatic hydroxyl groups is 2. The van der Waals surface area contributed by atoms with E-state index in [2.05, 4.69) is 0 Å². The Kier molecular flexibility index (Phi) is 7.02. The van der Waals surface area contributed by atoms with Crippen LogP contribution >= 0.6 is 0 Å². The zero-order valence-electron chi connectivity index (χ0n) is 25.4. The van der Waals surface area contributed by atoms with Crippen molar-refractivity contribution < 1.29 is 38.6 Å². The van der Waals surface area contributed by atoms with Gasteiger partial charge in [-0.3, -0.25) is 0 Å². The normalized spacial score (nSPS) is 21.6. The number of rotatable bonds is 5. The van der Waals surface area contributed by atoms with Gasteiger partial charge in [-0.05, 0) is 63.1 Å². The van der Waals surface area contributed by atoms with Crippen molar-refractivity contribution in [2.45, 2.75) is 65.0 Å². The Morgan fingerprint density at radius 1 is 0.571 bits per heavy atom. The molecular formula is C34H38O8. The van der Waals surface area contributed by atoms with Gasteiger partial charge in [-0.1, -0.05) is 0 Å². The van der Waals surface area contributed by atoms with Crippen LogP contribution in [0.25, 0.3) is 32.7 Å². The van der Waals surface area contributed by atoms with Crippen LogP contribution < -0.4 is 18.9 Å². The Morgan fingerprint density at radius 3 is 1.29 bits per heavy atom. The fourth-order valence-corrected chi connectivity index (χ4v) is 6.95. The zero-order valence-corrected chi connectivity index (χ0v) is 25.4. The molecule has 0 spiro atoms. The van der Waals surface area contributed by atoms with E-state index in [4.69, 9.17) is 28.4 Å². The number of ether oxygens (including phenoxy) is 6. The summed E-state index contributed by atoms with van der Waals surface area (Å²) in [5.74, 6) is 2.35. The van der Waals surface area contributed by atoms with Crippen LogP contribution in [0.2, 0.25) is 0 Å². The maximum atomic E-state index is 11.5. The van der Waals surface area contributed by atoms with Gasteiger partial charge in [0.1, 0.15) is 34.5 Å². The summed E-state index contributed by atoms with van der Waals surface area (Å²) in [5, 5.41) is 25.7. The van der Waals surface area contributed by atoms with Crippen molar-refractivity contribution in [3.8, 4) is 45.6 Å². The minimum Gasteiger partial charge on any atom is -0.507 e. The molecule has 222 valence electrons. The minimum atomic E-state index is -0.194. The molecule has 0 bridgehead atoms. The monoisotopic (exact) mass is 574 g/mol. The summed E-state index contributed by atoms with van der Waals surface area (Å²) in [5.41, 5.74) is 4.80. The lowest BCUT2D eigenvalue weighted by molar-refractivity contribution is -0.00539.